The van der Waals surface area contributed by atoms with Gasteiger partial charge in [-0.2, -0.15) is 0 Å². The number of benzene rings is 1. The molecule has 16 heavy (non-hydrogen) atoms. The number of rotatable bonds is 5. The van der Waals surface area contributed by atoms with Gasteiger partial charge in [-0.15, -0.1) is 0 Å². The molecule has 0 aliphatic heterocycles. The quantitative estimate of drug-likeness (QED) is 0.813. The summed E-state index contributed by atoms with van der Waals surface area (Å²) in [6.07, 6.45) is 1.39. The van der Waals surface area contributed by atoms with Crippen molar-refractivity contribution in [1.29, 1.82) is 0 Å². The smallest absolute Gasteiger partial charge is 0.221 e. The van der Waals surface area contributed by atoms with E-state index in [4.69, 9.17) is 0 Å². The topological polar surface area (TPSA) is 29.1 Å². The molecule has 0 saturated carbocycles. The van der Waals surface area contributed by atoms with Crippen LogP contribution in [0.25, 0.3) is 0 Å². The maximum atomic E-state index is 11.3. The summed E-state index contributed by atoms with van der Waals surface area (Å²) in [5, 5.41) is 3.68. The van der Waals surface area contributed by atoms with Crippen LogP contribution in [0.3, 0.4) is 0 Å². The molecule has 1 N–H and O–H groups in total. The minimum absolute atomic E-state index is 0.0986. The highest BCUT2D eigenvalue weighted by atomic mass is 79.9. The number of amides is 1. The van der Waals surface area contributed by atoms with E-state index >= 15 is 0 Å². The highest BCUT2D eigenvalue weighted by Gasteiger charge is 2.07. The van der Waals surface area contributed by atoms with Crippen molar-refractivity contribution in [1.82, 2.24) is 5.32 Å². The molecule has 1 aromatic carbocycles. The third-order valence-electron chi connectivity index (χ3n) is 2.18. The molecule has 1 amide bonds. The summed E-state index contributed by atoms with van der Waals surface area (Å²) in [5.74, 6) is 0.0986. The number of carbonyl (C=O) groups is 1. The minimum atomic E-state index is 0.0986. The minimum Gasteiger partial charge on any atom is -0.353 e. The molecule has 2 nitrogen and oxygen atoms in total. The molecule has 88 valence electrons. The summed E-state index contributed by atoms with van der Waals surface area (Å²) in [6.45, 7) is 2.02. The van der Waals surface area contributed by atoms with E-state index in [1.54, 1.807) is 0 Å². The first-order valence-corrected chi connectivity index (χ1v) is 7.13. The largest absolute Gasteiger partial charge is 0.353 e. The maximum absolute atomic E-state index is 11.3. The molecule has 0 aliphatic rings. The molecule has 0 aromatic heterocycles. The monoisotopic (exact) mass is 347 g/mol. The Balaban J connectivity index is 2.42. The van der Waals surface area contributed by atoms with Crippen molar-refractivity contribution < 1.29 is 4.79 Å². The summed E-state index contributed by atoms with van der Waals surface area (Å²) in [4.78, 5) is 11.3. The molecule has 0 radical (unpaired) electrons. The number of nitrogens with one attached hydrogen (secondary N) is 1. The molecule has 0 aliphatic carbocycles. The molecule has 1 rings (SSSR count). The molecule has 1 aromatic rings. The molecule has 0 fully saturated rings. The van der Waals surface area contributed by atoms with Crippen molar-refractivity contribution in [2.24, 2.45) is 0 Å². The summed E-state index contributed by atoms with van der Waals surface area (Å²) in [6, 6.07) is 8.34. The van der Waals surface area contributed by atoms with Gasteiger partial charge in [0.05, 0.1) is 0 Å². The van der Waals surface area contributed by atoms with Gasteiger partial charge in [0.1, 0.15) is 0 Å². The van der Waals surface area contributed by atoms with Crippen LogP contribution in [-0.4, -0.2) is 17.3 Å². The lowest BCUT2D eigenvalue weighted by atomic mass is 10.1. The summed E-state index contributed by atoms with van der Waals surface area (Å²) < 4.78 is 1.08. The highest BCUT2D eigenvalue weighted by molar-refractivity contribution is 9.10. The van der Waals surface area contributed by atoms with Gasteiger partial charge in [0.2, 0.25) is 5.91 Å². The molecule has 4 heteroatoms. The number of hydrogen-bond donors (Lipinski definition) is 1. The van der Waals surface area contributed by atoms with Gasteiger partial charge in [-0.25, -0.2) is 0 Å². The lowest BCUT2D eigenvalue weighted by molar-refractivity contribution is -0.121. The van der Waals surface area contributed by atoms with Crippen molar-refractivity contribution in [3.05, 3.63) is 34.3 Å². The van der Waals surface area contributed by atoms with Crippen LogP contribution in [0.4, 0.5) is 0 Å². The predicted molar refractivity (Wildman–Crippen MR) is 73.9 cm³/mol. The van der Waals surface area contributed by atoms with Crippen LogP contribution in [-0.2, 0) is 11.2 Å². The van der Waals surface area contributed by atoms with E-state index in [1.807, 2.05) is 19.1 Å². The molecule has 0 saturated heterocycles. The van der Waals surface area contributed by atoms with Gasteiger partial charge in [-0.1, -0.05) is 44.0 Å². The van der Waals surface area contributed by atoms with E-state index in [9.17, 15) is 4.79 Å². The third-order valence-corrected chi connectivity index (χ3v) is 3.11. The molecular weight excluding hydrogens is 334 g/mol. The first-order valence-electron chi connectivity index (χ1n) is 5.21. The third kappa shape index (κ3) is 5.12. The van der Waals surface area contributed by atoms with Crippen LogP contribution in [0.5, 0.6) is 0 Å². The molecular formula is C12H15Br2NO. The van der Waals surface area contributed by atoms with Crippen LogP contribution in [0, 0.1) is 0 Å². The van der Waals surface area contributed by atoms with Crippen molar-refractivity contribution >= 4 is 37.8 Å². The number of halogens is 2. The van der Waals surface area contributed by atoms with E-state index in [-0.39, 0.29) is 11.9 Å². The fourth-order valence-corrected chi connectivity index (χ4v) is 2.08. The van der Waals surface area contributed by atoms with Gasteiger partial charge in [0, 0.05) is 22.3 Å². The zero-order valence-corrected chi connectivity index (χ0v) is 12.3. The lowest BCUT2D eigenvalue weighted by Crippen LogP contribution is -2.34. The normalized spacial score (nSPS) is 12.2. The van der Waals surface area contributed by atoms with E-state index < -0.39 is 0 Å². The highest BCUT2D eigenvalue weighted by Crippen LogP contribution is 2.11. The Morgan fingerprint density at radius 2 is 2.00 bits per heavy atom. The van der Waals surface area contributed by atoms with Crippen molar-refractivity contribution in [2.75, 3.05) is 5.33 Å². The Hall–Kier alpha value is -0.350. The SMILES string of the molecule is CC(Cc1ccc(Br)cc1)NC(=O)CCBr. The Morgan fingerprint density at radius 1 is 1.38 bits per heavy atom. The Kier molecular flexibility index (Phi) is 6.06. The average molecular weight is 349 g/mol. The summed E-state index contributed by atoms with van der Waals surface area (Å²) >= 11 is 6.65. The van der Waals surface area contributed by atoms with Crippen LogP contribution in [0.2, 0.25) is 0 Å². The second kappa shape index (κ2) is 7.07. The van der Waals surface area contributed by atoms with Crippen LogP contribution in [0.15, 0.2) is 28.7 Å². The van der Waals surface area contributed by atoms with E-state index in [0.29, 0.717) is 11.8 Å². The Bertz CT molecular complexity index is 337. The first kappa shape index (κ1) is 13.7. The van der Waals surface area contributed by atoms with Gasteiger partial charge < -0.3 is 5.32 Å². The van der Waals surface area contributed by atoms with E-state index in [1.165, 1.54) is 5.56 Å². The van der Waals surface area contributed by atoms with Crippen molar-refractivity contribution in [2.45, 2.75) is 25.8 Å². The van der Waals surface area contributed by atoms with E-state index in [0.717, 1.165) is 10.9 Å². The van der Waals surface area contributed by atoms with Gasteiger partial charge >= 0.3 is 0 Å². The standard InChI is InChI=1S/C12H15Br2NO/c1-9(15-12(16)6-7-13)8-10-2-4-11(14)5-3-10/h2-5,9H,6-8H2,1H3,(H,15,16). The van der Waals surface area contributed by atoms with Crippen LogP contribution < -0.4 is 5.32 Å². The zero-order valence-electron chi connectivity index (χ0n) is 9.17. The Labute approximate surface area is 113 Å². The van der Waals surface area contributed by atoms with Gasteiger partial charge in [-0.3, -0.25) is 4.79 Å². The predicted octanol–water partition coefficient (Wildman–Crippen LogP) is 3.28. The number of alkyl halides is 1. The molecule has 0 bridgehead atoms. The van der Waals surface area contributed by atoms with Gasteiger partial charge in [0.25, 0.3) is 0 Å². The molecule has 1 atom stereocenters. The molecule has 0 spiro atoms. The summed E-state index contributed by atoms with van der Waals surface area (Å²) in [5.41, 5.74) is 1.23. The second-order valence-electron chi connectivity index (χ2n) is 3.74. The van der Waals surface area contributed by atoms with Crippen molar-refractivity contribution in [3.8, 4) is 0 Å². The van der Waals surface area contributed by atoms with Crippen LogP contribution in [0.1, 0.15) is 18.9 Å². The van der Waals surface area contributed by atoms with Crippen LogP contribution >= 0.6 is 31.9 Å². The van der Waals surface area contributed by atoms with Gasteiger partial charge in [0.15, 0.2) is 0 Å². The van der Waals surface area contributed by atoms with E-state index in [2.05, 4.69) is 49.3 Å². The average Bonchev–Trinajstić information content (AvgIpc) is 2.21. The maximum Gasteiger partial charge on any atom is 0.221 e. The van der Waals surface area contributed by atoms with Gasteiger partial charge in [-0.05, 0) is 31.0 Å². The first-order chi connectivity index (χ1) is 7.61. The zero-order chi connectivity index (χ0) is 12.0. The fraction of sp³-hybridized carbons (Fsp3) is 0.417. The molecule has 0 heterocycles. The fourth-order valence-electron chi connectivity index (χ4n) is 1.46. The number of carbonyl (C=O) groups excluding carboxylic acids is 1. The lowest BCUT2D eigenvalue weighted by Gasteiger charge is -2.13. The second-order valence-corrected chi connectivity index (χ2v) is 5.45. The number of hydrogen-bond acceptors (Lipinski definition) is 1. The Morgan fingerprint density at radius 3 is 2.56 bits per heavy atom. The van der Waals surface area contributed by atoms with Crippen molar-refractivity contribution in [3.63, 3.8) is 0 Å². The molecule has 1 unspecified atom stereocenters. The summed E-state index contributed by atoms with van der Waals surface area (Å²) in [7, 11) is 0.